The fourth-order valence-electron chi connectivity index (χ4n) is 4.86. The molecule has 1 amide bonds. The summed E-state index contributed by atoms with van der Waals surface area (Å²) in [5.41, 5.74) is 7.46. The second-order valence-corrected chi connectivity index (χ2v) is 9.89. The number of aryl methyl sites for hydroxylation is 3. The van der Waals surface area contributed by atoms with Crippen molar-refractivity contribution in [2.45, 2.75) is 39.3 Å². The van der Waals surface area contributed by atoms with E-state index in [2.05, 4.69) is 75.5 Å². The van der Waals surface area contributed by atoms with Crippen molar-refractivity contribution in [3.8, 4) is 5.69 Å². The van der Waals surface area contributed by atoms with E-state index in [1.54, 1.807) is 6.20 Å². The number of amides is 1. The van der Waals surface area contributed by atoms with Crippen LogP contribution >= 0.6 is 12.2 Å². The number of rotatable bonds is 7. The Labute approximate surface area is 223 Å². The highest BCUT2D eigenvalue weighted by Gasteiger charge is 2.41. The molecule has 37 heavy (non-hydrogen) atoms. The molecule has 0 unspecified atom stereocenters. The normalized spacial score (nSPS) is 17.1. The third-order valence-corrected chi connectivity index (χ3v) is 7.40. The first-order valence-corrected chi connectivity index (χ1v) is 12.9. The van der Waals surface area contributed by atoms with Crippen molar-refractivity contribution in [1.82, 2.24) is 19.8 Å². The topological polar surface area (TPSA) is 62.2 Å². The van der Waals surface area contributed by atoms with Crippen LogP contribution < -0.4 is 10.6 Å². The Kier molecular flexibility index (Phi) is 7.06. The molecule has 0 spiro atoms. The van der Waals surface area contributed by atoms with Crippen LogP contribution in [0.1, 0.15) is 46.6 Å². The molecule has 7 heteroatoms. The lowest BCUT2D eigenvalue weighted by atomic mass is 10.0. The molecule has 1 fully saturated rings. The summed E-state index contributed by atoms with van der Waals surface area (Å²) in [6.45, 7) is 6.72. The molecule has 1 saturated heterocycles. The van der Waals surface area contributed by atoms with Crippen LogP contribution in [0.15, 0.2) is 85.2 Å². The summed E-state index contributed by atoms with van der Waals surface area (Å²) >= 11 is 5.81. The maximum absolute atomic E-state index is 12.9. The van der Waals surface area contributed by atoms with Gasteiger partial charge in [-0.25, -0.2) is 0 Å². The number of aromatic nitrogens is 2. The van der Waals surface area contributed by atoms with Gasteiger partial charge < -0.3 is 20.1 Å². The first-order chi connectivity index (χ1) is 17.9. The van der Waals surface area contributed by atoms with E-state index in [1.165, 1.54) is 11.1 Å². The summed E-state index contributed by atoms with van der Waals surface area (Å²) in [5.74, 6) is -0.0401. The standard InChI is InChI=1S/C30H31N5OS/c1-20-13-14-23(19-22(20)3)34-17-8-12-26(34)29-28(25-11-6-7-16-31-25)33-30(37)35(29)18-15-27(36)32-24-10-5-4-9-21(24)2/h4-14,16-17,19,28-29H,15,18H2,1-3H3,(H,32,36)(H,33,37)/t28-,29-/m1/s1. The first kappa shape index (κ1) is 24.7. The summed E-state index contributed by atoms with van der Waals surface area (Å²) in [4.78, 5) is 19.7. The molecule has 5 rings (SSSR count). The monoisotopic (exact) mass is 509 g/mol. The average Bonchev–Trinajstić information content (AvgIpc) is 3.50. The Bertz CT molecular complexity index is 1430. The predicted octanol–water partition coefficient (Wildman–Crippen LogP) is 5.80. The molecule has 1 aliphatic heterocycles. The van der Waals surface area contributed by atoms with E-state index in [0.29, 0.717) is 18.1 Å². The van der Waals surface area contributed by atoms with Gasteiger partial charge in [-0.15, -0.1) is 0 Å². The van der Waals surface area contributed by atoms with E-state index in [-0.39, 0.29) is 18.0 Å². The third-order valence-electron chi connectivity index (χ3n) is 7.05. The highest BCUT2D eigenvalue weighted by Crippen LogP contribution is 2.39. The van der Waals surface area contributed by atoms with Gasteiger partial charge in [0.2, 0.25) is 5.91 Å². The SMILES string of the molecule is Cc1ccc(-n2cccc2[C@@H]2[C@@H](c3ccccn3)NC(=S)N2CCC(=O)Nc2ccccc2C)cc1C. The molecule has 188 valence electrons. The van der Waals surface area contributed by atoms with Crippen LogP contribution in [0.2, 0.25) is 0 Å². The fourth-order valence-corrected chi connectivity index (χ4v) is 5.19. The van der Waals surface area contributed by atoms with Crippen molar-refractivity contribution in [2.75, 3.05) is 11.9 Å². The van der Waals surface area contributed by atoms with Crippen molar-refractivity contribution in [2.24, 2.45) is 0 Å². The number of carbonyl (C=O) groups excluding carboxylic acids is 1. The van der Waals surface area contributed by atoms with Gasteiger partial charge in [0.1, 0.15) is 0 Å². The number of anilines is 1. The van der Waals surface area contributed by atoms with Crippen molar-refractivity contribution in [1.29, 1.82) is 0 Å². The molecule has 2 atom stereocenters. The number of para-hydroxylation sites is 1. The van der Waals surface area contributed by atoms with Crippen LogP contribution in [-0.4, -0.2) is 32.0 Å². The van der Waals surface area contributed by atoms with Gasteiger partial charge in [-0.3, -0.25) is 9.78 Å². The van der Waals surface area contributed by atoms with Crippen LogP contribution in [0.4, 0.5) is 5.69 Å². The maximum Gasteiger partial charge on any atom is 0.226 e. The lowest BCUT2D eigenvalue weighted by molar-refractivity contribution is -0.116. The van der Waals surface area contributed by atoms with E-state index >= 15 is 0 Å². The molecule has 4 aromatic rings. The zero-order valence-electron chi connectivity index (χ0n) is 21.3. The Morgan fingerprint density at radius 3 is 2.54 bits per heavy atom. The lowest BCUT2D eigenvalue weighted by Crippen LogP contribution is -2.33. The summed E-state index contributed by atoms with van der Waals surface area (Å²) in [6, 6.07) is 24.1. The smallest absolute Gasteiger partial charge is 0.226 e. The van der Waals surface area contributed by atoms with Crippen LogP contribution in [0.3, 0.4) is 0 Å². The molecule has 2 aromatic carbocycles. The second kappa shape index (κ2) is 10.6. The quantitative estimate of drug-likeness (QED) is 0.309. The van der Waals surface area contributed by atoms with E-state index in [9.17, 15) is 4.79 Å². The van der Waals surface area contributed by atoms with E-state index in [0.717, 1.165) is 28.3 Å². The van der Waals surface area contributed by atoms with Crippen molar-refractivity contribution in [3.05, 3.63) is 113 Å². The van der Waals surface area contributed by atoms with Gasteiger partial charge in [0.05, 0.1) is 17.8 Å². The predicted molar refractivity (Wildman–Crippen MR) is 152 cm³/mol. The molecule has 0 saturated carbocycles. The molecule has 3 heterocycles. The third kappa shape index (κ3) is 5.13. The molecule has 2 aromatic heterocycles. The van der Waals surface area contributed by atoms with Crippen LogP contribution in [-0.2, 0) is 4.79 Å². The minimum atomic E-state index is -0.145. The number of nitrogens with zero attached hydrogens (tertiary/aromatic N) is 3. The lowest BCUT2D eigenvalue weighted by Gasteiger charge is -2.29. The Balaban J connectivity index is 1.46. The summed E-state index contributed by atoms with van der Waals surface area (Å²) in [6.07, 6.45) is 4.20. The molecular weight excluding hydrogens is 478 g/mol. The second-order valence-electron chi connectivity index (χ2n) is 9.50. The number of pyridine rings is 1. The van der Waals surface area contributed by atoms with Crippen molar-refractivity contribution < 1.29 is 4.79 Å². The van der Waals surface area contributed by atoms with Gasteiger partial charge >= 0.3 is 0 Å². The van der Waals surface area contributed by atoms with Gasteiger partial charge in [-0.2, -0.15) is 0 Å². The molecule has 0 bridgehead atoms. The molecule has 2 N–H and O–H groups in total. The number of hydrogen-bond acceptors (Lipinski definition) is 3. The number of carbonyl (C=O) groups is 1. The Hall–Kier alpha value is -3.97. The molecular formula is C30H31N5OS. The Morgan fingerprint density at radius 2 is 1.78 bits per heavy atom. The number of benzene rings is 2. The number of nitrogens with one attached hydrogen (secondary N) is 2. The van der Waals surface area contributed by atoms with Crippen molar-refractivity contribution >= 4 is 28.9 Å². The average molecular weight is 510 g/mol. The van der Waals surface area contributed by atoms with Gasteiger partial charge in [-0.1, -0.05) is 30.3 Å². The minimum Gasteiger partial charge on any atom is -0.352 e. The largest absolute Gasteiger partial charge is 0.352 e. The molecule has 0 aliphatic carbocycles. The van der Waals surface area contributed by atoms with Crippen molar-refractivity contribution in [3.63, 3.8) is 0 Å². The molecule has 6 nitrogen and oxygen atoms in total. The summed E-state index contributed by atoms with van der Waals surface area (Å²) in [5, 5.41) is 7.16. The number of hydrogen-bond donors (Lipinski definition) is 2. The maximum atomic E-state index is 12.9. The molecule has 1 aliphatic rings. The minimum absolute atomic E-state index is 0.0401. The van der Waals surface area contributed by atoms with E-state index < -0.39 is 0 Å². The van der Waals surface area contributed by atoms with Crippen LogP contribution in [0.25, 0.3) is 5.69 Å². The van der Waals surface area contributed by atoms with E-state index in [1.807, 2.05) is 49.4 Å². The van der Waals surface area contributed by atoms with Gasteiger partial charge in [0, 0.05) is 42.4 Å². The van der Waals surface area contributed by atoms with Gasteiger partial charge in [-0.05, 0) is 92.1 Å². The number of thiocarbonyl (C=S) groups is 1. The summed E-state index contributed by atoms with van der Waals surface area (Å²) < 4.78 is 2.21. The molecule has 0 radical (unpaired) electrons. The summed E-state index contributed by atoms with van der Waals surface area (Å²) in [7, 11) is 0. The van der Waals surface area contributed by atoms with E-state index in [4.69, 9.17) is 12.2 Å². The first-order valence-electron chi connectivity index (χ1n) is 12.5. The van der Waals surface area contributed by atoms with Crippen LogP contribution in [0, 0.1) is 20.8 Å². The van der Waals surface area contributed by atoms with Gasteiger partial charge in [0.25, 0.3) is 0 Å². The zero-order valence-corrected chi connectivity index (χ0v) is 22.1. The Morgan fingerprint density at radius 1 is 0.973 bits per heavy atom. The van der Waals surface area contributed by atoms with Crippen LogP contribution in [0.5, 0.6) is 0 Å². The van der Waals surface area contributed by atoms with Gasteiger partial charge in [0.15, 0.2) is 5.11 Å². The highest BCUT2D eigenvalue weighted by atomic mass is 32.1. The zero-order chi connectivity index (χ0) is 25.9. The highest BCUT2D eigenvalue weighted by molar-refractivity contribution is 7.80. The fraction of sp³-hybridized carbons (Fsp3) is 0.233.